The maximum atomic E-state index is 12.9. The van der Waals surface area contributed by atoms with Gasteiger partial charge in [0.2, 0.25) is 5.91 Å². The van der Waals surface area contributed by atoms with E-state index in [0.29, 0.717) is 31.1 Å². The number of anilines is 4. The predicted molar refractivity (Wildman–Crippen MR) is 139 cm³/mol. The number of carbonyl (C=O) groups is 2. The van der Waals surface area contributed by atoms with E-state index in [9.17, 15) is 9.59 Å². The molecular weight excluding hydrogens is 444 g/mol. The van der Waals surface area contributed by atoms with E-state index < -0.39 is 0 Å². The highest BCUT2D eigenvalue weighted by Crippen LogP contribution is 2.39. The van der Waals surface area contributed by atoms with Gasteiger partial charge in [0, 0.05) is 57.2 Å². The Morgan fingerprint density at radius 1 is 1.23 bits per heavy atom. The zero-order valence-electron chi connectivity index (χ0n) is 21.1. The number of benzene rings is 1. The molecule has 0 spiro atoms. The number of amides is 2. The zero-order chi connectivity index (χ0) is 24.9. The molecule has 0 bridgehead atoms. The summed E-state index contributed by atoms with van der Waals surface area (Å²) in [4.78, 5) is 36.0. The van der Waals surface area contributed by atoms with E-state index in [4.69, 9.17) is 4.74 Å². The van der Waals surface area contributed by atoms with Crippen LogP contribution in [0.25, 0.3) is 0 Å². The van der Waals surface area contributed by atoms with Crippen LogP contribution in [0, 0.1) is 0 Å². The fourth-order valence-electron chi connectivity index (χ4n) is 4.87. The number of carbonyl (C=O) groups excluding carboxylic acids is 2. The molecule has 2 aromatic rings. The quantitative estimate of drug-likeness (QED) is 0.562. The molecule has 2 aliphatic rings. The van der Waals surface area contributed by atoms with Gasteiger partial charge in [-0.25, -0.2) is 4.98 Å². The number of fused-ring (bicyclic) bond motifs is 1. The Kier molecular flexibility index (Phi) is 7.87. The van der Waals surface area contributed by atoms with Crippen LogP contribution in [0.4, 0.5) is 22.9 Å². The molecule has 1 fully saturated rings. The maximum absolute atomic E-state index is 12.9. The van der Waals surface area contributed by atoms with Crippen LogP contribution in [0.5, 0.6) is 0 Å². The number of nitrogens with one attached hydrogen (secondary N) is 2. The van der Waals surface area contributed by atoms with Crippen LogP contribution in [0.2, 0.25) is 0 Å². The molecule has 9 heteroatoms. The third-order valence-corrected chi connectivity index (χ3v) is 6.84. The number of hydrogen-bond acceptors (Lipinski definition) is 7. The molecule has 1 saturated heterocycles. The summed E-state index contributed by atoms with van der Waals surface area (Å²) in [5, 5.41) is 6.46. The molecular formula is C26H36N6O3. The first-order valence-electron chi connectivity index (χ1n) is 12.3. The van der Waals surface area contributed by atoms with E-state index in [1.165, 1.54) is 0 Å². The van der Waals surface area contributed by atoms with Crippen molar-refractivity contribution in [3.8, 4) is 0 Å². The lowest BCUT2D eigenvalue weighted by atomic mass is 10.00. The number of hydrogen-bond donors (Lipinski definition) is 2. The van der Waals surface area contributed by atoms with E-state index in [1.54, 1.807) is 23.0 Å². The lowest BCUT2D eigenvalue weighted by Crippen LogP contribution is -2.55. The van der Waals surface area contributed by atoms with Gasteiger partial charge in [-0.1, -0.05) is 6.07 Å². The molecule has 1 atom stereocenters. The van der Waals surface area contributed by atoms with Crippen LogP contribution in [0.15, 0.2) is 36.5 Å². The molecule has 0 aliphatic carbocycles. The van der Waals surface area contributed by atoms with Crippen molar-refractivity contribution in [2.24, 2.45) is 0 Å². The first kappa shape index (κ1) is 24.9. The van der Waals surface area contributed by atoms with Gasteiger partial charge >= 0.3 is 0 Å². The molecule has 1 unspecified atom stereocenters. The van der Waals surface area contributed by atoms with Crippen LogP contribution in [0.1, 0.15) is 36.5 Å². The van der Waals surface area contributed by atoms with Gasteiger partial charge in [-0.2, -0.15) is 0 Å². The number of nitrogens with zero attached hydrogens (tertiary/aromatic N) is 4. The summed E-state index contributed by atoms with van der Waals surface area (Å²) in [5.74, 6) is 0.724. The zero-order valence-corrected chi connectivity index (χ0v) is 21.1. The van der Waals surface area contributed by atoms with E-state index in [1.807, 2.05) is 51.4 Å². The minimum absolute atomic E-state index is 0.0113. The third kappa shape index (κ3) is 5.41. The second-order valence-corrected chi connectivity index (χ2v) is 9.27. The number of likely N-dealkylation sites (N-methyl/N-ethyl adjacent to an activating group) is 1. The molecule has 3 heterocycles. The van der Waals surface area contributed by atoms with Crippen molar-refractivity contribution >= 4 is 34.7 Å². The number of aromatic nitrogens is 1. The standard InChI is InChI=1S/C26H36N6O3/c1-18-25(33)31(4)23-17-28-24(16-22(23)32(18)21-9-13-35-14-10-21)29-20-8-5-7-19(15-20)26(34)30(3)12-6-11-27-2/h5,7-8,15-18,21,27H,6,9-14H2,1-4H3,(H,28,29). The minimum Gasteiger partial charge on any atom is -0.381 e. The van der Waals surface area contributed by atoms with Gasteiger partial charge in [-0.15, -0.1) is 0 Å². The summed E-state index contributed by atoms with van der Waals surface area (Å²) in [6, 6.07) is 9.47. The number of rotatable bonds is 8. The highest BCUT2D eigenvalue weighted by molar-refractivity contribution is 6.05. The SMILES string of the molecule is CNCCCN(C)C(=O)c1cccc(Nc2cc3c(cn2)N(C)C(=O)C(C)N3C2CCOCC2)c1. The van der Waals surface area contributed by atoms with Gasteiger partial charge in [0.25, 0.3) is 5.91 Å². The Morgan fingerprint density at radius 3 is 2.74 bits per heavy atom. The van der Waals surface area contributed by atoms with Gasteiger partial charge in [0.05, 0.1) is 17.6 Å². The second-order valence-electron chi connectivity index (χ2n) is 9.27. The summed E-state index contributed by atoms with van der Waals surface area (Å²) in [6.07, 6.45) is 4.42. The minimum atomic E-state index is -0.259. The van der Waals surface area contributed by atoms with Crippen LogP contribution in [0.3, 0.4) is 0 Å². The molecule has 0 radical (unpaired) electrons. The van der Waals surface area contributed by atoms with Crippen molar-refractivity contribution in [3.63, 3.8) is 0 Å². The fourth-order valence-corrected chi connectivity index (χ4v) is 4.87. The van der Waals surface area contributed by atoms with Gasteiger partial charge in [0.1, 0.15) is 11.9 Å². The molecule has 1 aromatic carbocycles. The molecule has 1 aromatic heterocycles. The largest absolute Gasteiger partial charge is 0.381 e. The monoisotopic (exact) mass is 480 g/mol. The van der Waals surface area contributed by atoms with Crippen molar-refractivity contribution in [2.45, 2.75) is 38.3 Å². The summed E-state index contributed by atoms with van der Waals surface area (Å²) >= 11 is 0. The van der Waals surface area contributed by atoms with Gasteiger partial charge in [0.15, 0.2) is 0 Å². The van der Waals surface area contributed by atoms with Crippen LogP contribution >= 0.6 is 0 Å². The van der Waals surface area contributed by atoms with Crippen molar-refractivity contribution in [1.29, 1.82) is 0 Å². The first-order chi connectivity index (χ1) is 16.9. The molecule has 188 valence electrons. The Hall–Kier alpha value is -3.17. The van der Waals surface area contributed by atoms with Gasteiger partial charge in [-0.05, 0) is 58.0 Å². The maximum Gasteiger partial charge on any atom is 0.253 e. The average molecular weight is 481 g/mol. The van der Waals surface area contributed by atoms with Crippen LogP contribution in [-0.2, 0) is 9.53 Å². The van der Waals surface area contributed by atoms with E-state index in [0.717, 1.165) is 42.9 Å². The molecule has 35 heavy (non-hydrogen) atoms. The molecule has 2 aliphatic heterocycles. The lowest BCUT2D eigenvalue weighted by Gasteiger charge is -2.45. The van der Waals surface area contributed by atoms with Crippen LogP contribution in [-0.4, -0.2) is 81.2 Å². The molecule has 4 rings (SSSR count). The summed E-state index contributed by atoms with van der Waals surface area (Å²) in [5.41, 5.74) is 3.21. The lowest BCUT2D eigenvalue weighted by molar-refractivity contribution is -0.119. The van der Waals surface area contributed by atoms with Crippen molar-refractivity contribution in [2.75, 3.05) is 62.6 Å². The topological polar surface area (TPSA) is 90.0 Å². The van der Waals surface area contributed by atoms with Crippen molar-refractivity contribution in [3.05, 3.63) is 42.1 Å². The Labute approximate surface area is 207 Å². The summed E-state index contributed by atoms with van der Waals surface area (Å²) < 4.78 is 5.56. The summed E-state index contributed by atoms with van der Waals surface area (Å²) in [6.45, 7) is 4.93. The van der Waals surface area contributed by atoms with Crippen molar-refractivity contribution in [1.82, 2.24) is 15.2 Å². The van der Waals surface area contributed by atoms with E-state index >= 15 is 0 Å². The Bertz CT molecular complexity index is 1060. The first-order valence-corrected chi connectivity index (χ1v) is 12.3. The molecule has 0 saturated carbocycles. The Morgan fingerprint density at radius 2 is 2.00 bits per heavy atom. The average Bonchev–Trinajstić information content (AvgIpc) is 2.88. The van der Waals surface area contributed by atoms with Crippen molar-refractivity contribution < 1.29 is 14.3 Å². The molecule has 2 amide bonds. The van der Waals surface area contributed by atoms with Gasteiger partial charge < -0.3 is 30.1 Å². The second kappa shape index (κ2) is 11.0. The third-order valence-electron chi connectivity index (χ3n) is 6.84. The Balaban J connectivity index is 1.56. The molecule has 9 nitrogen and oxygen atoms in total. The smallest absolute Gasteiger partial charge is 0.253 e. The van der Waals surface area contributed by atoms with E-state index in [2.05, 4.69) is 20.5 Å². The van der Waals surface area contributed by atoms with Crippen LogP contribution < -0.4 is 20.4 Å². The highest BCUT2D eigenvalue weighted by atomic mass is 16.5. The highest BCUT2D eigenvalue weighted by Gasteiger charge is 2.38. The van der Waals surface area contributed by atoms with Gasteiger partial charge in [-0.3, -0.25) is 9.59 Å². The number of ether oxygens (including phenoxy) is 1. The normalized spacial score (nSPS) is 18.4. The fraction of sp³-hybridized carbons (Fsp3) is 0.500. The predicted octanol–water partition coefficient (Wildman–Crippen LogP) is 2.86. The van der Waals surface area contributed by atoms with E-state index in [-0.39, 0.29) is 23.9 Å². The molecule has 2 N–H and O–H groups in total. The number of pyridine rings is 1. The summed E-state index contributed by atoms with van der Waals surface area (Å²) in [7, 11) is 5.54.